The van der Waals surface area contributed by atoms with Gasteiger partial charge in [0.05, 0.1) is 16.9 Å². The van der Waals surface area contributed by atoms with Crippen LogP contribution in [0.3, 0.4) is 0 Å². The number of imidazole rings is 1. The third kappa shape index (κ3) is 1.90. The summed E-state index contributed by atoms with van der Waals surface area (Å²) in [5.41, 5.74) is 1.46. The lowest BCUT2D eigenvalue weighted by Crippen LogP contribution is -2.14. The molecule has 0 bridgehead atoms. The van der Waals surface area contributed by atoms with Gasteiger partial charge in [-0.15, -0.1) is 0 Å². The molecule has 0 N–H and O–H groups in total. The van der Waals surface area contributed by atoms with E-state index in [1.165, 1.54) is 4.57 Å². The monoisotopic (exact) mass is 330 g/mol. The van der Waals surface area contributed by atoms with Crippen LogP contribution in [0.5, 0.6) is 0 Å². The van der Waals surface area contributed by atoms with E-state index in [0.29, 0.717) is 32.9 Å². The van der Waals surface area contributed by atoms with Gasteiger partial charge in [-0.2, -0.15) is 4.98 Å². The Morgan fingerprint density at radius 1 is 1.05 bits per heavy atom. The molecule has 2 aromatic rings. The molecule has 2 aliphatic rings. The summed E-state index contributed by atoms with van der Waals surface area (Å²) < 4.78 is 3.19. The van der Waals surface area contributed by atoms with Crippen molar-refractivity contribution in [1.82, 2.24) is 18.9 Å². The molecular weight excluding hydrogens is 323 g/mol. The van der Waals surface area contributed by atoms with E-state index in [-0.39, 0.29) is 5.69 Å². The number of halogens is 2. The molecule has 0 atom stereocenters. The van der Waals surface area contributed by atoms with Crippen molar-refractivity contribution in [3.05, 3.63) is 69.3 Å². The Bertz CT molecular complexity index is 1020. The summed E-state index contributed by atoms with van der Waals surface area (Å²) in [5.74, 6) is 0.507. The van der Waals surface area contributed by atoms with Gasteiger partial charge in [0.25, 0.3) is 0 Å². The standard InChI is InChI=1S/C15H8Cl2N4O/c16-9-3-5-10(6-4-9)21-12-8-18-13-11(17)2-1-7-20(13)14(12)19-15(21)22/h1-8H. The van der Waals surface area contributed by atoms with Crippen LogP contribution in [0.25, 0.3) is 22.9 Å². The highest BCUT2D eigenvalue weighted by molar-refractivity contribution is 6.33. The van der Waals surface area contributed by atoms with Gasteiger partial charge < -0.3 is 0 Å². The fraction of sp³-hybridized carbons (Fsp3) is 0. The van der Waals surface area contributed by atoms with Gasteiger partial charge in [-0.3, -0.25) is 8.97 Å². The second-order valence-corrected chi connectivity index (χ2v) is 5.57. The highest BCUT2D eigenvalue weighted by Gasteiger charge is 2.19. The third-order valence-corrected chi connectivity index (χ3v) is 3.95. The normalized spacial score (nSPS) is 11.4. The Labute approximate surface area is 134 Å². The summed E-state index contributed by atoms with van der Waals surface area (Å²) in [5, 5.41) is 1.10. The van der Waals surface area contributed by atoms with Crippen LogP contribution in [0.15, 0.2) is 53.6 Å². The van der Waals surface area contributed by atoms with Crippen molar-refractivity contribution in [3.8, 4) is 17.2 Å². The van der Waals surface area contributed by atoms with Crippen LogP contribution < -0.4 is 5.69 Å². The van der Waals surface area contributed by atoms with Crippen LogP contribution in [-0.2, 0) is 0 Å². The van der Waals surface area contributed by atoms with Crippen molar-refractivity contribution in [2.24, 2.45) is 0 Å². The lowest BCUT2D eigenvalue weighted by atomic mass is 10.3. The molecule has 1 aromatic carbocycles. The smallest absolute Gasteiger partial charge is 0.283 e. The van der Waals surface area contributed by atoms with Gasteiger partial charge in [0.1, 0.15) is 5.69 Å². The first-order valence-corrected chi connectivity index (χ1v) is 7.21. The average Bonchev–Trinajstić information content (AvgIpc) is 2.85. The minimum absolute atomic E-state index is 0.376. The van der Waals surface area contributed by atoms with Crippen molar-refractivity contribution in [1.29, 1.82) is 0 Å². The number of fused-ring (bicyclic) bond motifs is 3. The molecule has 7 heteroatoms. The number of benzene rings is 1. The minimum atomic E-state index is -0.376. The number of hydrogen-bond donors (Lipinski definition) is 0. The third-order valence-electron chi connectivity index (χ3n) is 3.40. The number of rotatable bonds is 1. The maximum Gasteiger partial charge on any atom is 0.354 e. The second kappa shape index (κ2) is 4.83. The minimum Gasteiger partial charge on any atom is -0.283 e. The van der Waals surface area contributed by atoms with Crippen molar-refractivity contribution in [3.63, 3.8) is 0 Å². The fourth-order valence-corrected chi connectivity index (χ4v) is 2.76. The molecule has 108 valence electrons. The molecule has 5 nitrogen and oxygen atoms in total. The first kappa shape index (κ1) is 13.3. The lowest BCUT2D eigenvalue weighted by molar-refractivity contribution is 0.995. The summed E-state index contributed by atoms with van der Waals surface area (Å²) in [7, 11) is 0. The van der Waals surface area contributed by atoms with Crippen LogP contribution in [0.4, 0.5) is 0 Å². The molecule has 0 saturated carbocycles. The molecule has 1 aromatic heterocycles. The highest BCUT2D eigenvalue weighted by Crippen LogP contribution is 2.25. The molecule has 0 spiro atoms. The molecule has 0 amide bonds. The zero-order valence-corrected chi connectivity index (χ0v) is 12.6. The summed E-state index contributed by atoms with van der Waals surface area (Å²) in [6.45, 7) is 0. The van der Waals surface area contributed by atoms with E-state index in [4.69, 9.17) is 23.2 Å². The molecule has 0 radical (unpaired) electrons. The first-order valence-electron chi connectivity index (χ1n) is 6.45. The Morgan fingerprint density at radius 3 is 2.59 bits per heavy atom. The van der Waals surface area contributed by atoms with E-state index < -0.39 is 0 Å². The van der Waals surface area contributed by atoms with Gasteiger partial charge in [0, 0.05) is 11.2 Å². The second-order valence-electron chi connectivity index (χ2n) is 4.72. The van der Waals surface area contributed by atoms with Gasteiger partial charge in [-0.1, -0.05) is 23.2 Å². The van der Waals surface area contributed by atoms with Gasteiger partial charge in [-0.25, -0.2) is 9.78 Å². The SMILES string of the molecule is O=c1nc2n3cccc(Cl)c3ncc-2n1-c1ccc(Cl)cc1. The Hall–Kier alpha value is -2.37. The van der Waals surface area contributed by atoms with Crippen molar-refractivity contribution < 1.29 is 0 Å². The van der Waals surface area contributed by atoms with Gasteiger partial charge in [0.2, 0.25) is 0 Å². The predicted octanol–water partition coefficient (Wildman–Crippen LogP) is 3.29. The van der Waals surface area contributed by atoms with Crippen molar-refractivity contribution >= 4 is 28.8 Å². The number of hydrogen-bond acceptors (Lipinski definition) is 3. The largest absolute Gasteiger partial charge is 0.354 e. The molecule has 0 saturated heterocycles. The van der Waals surface area contributed by atoms with Crippen LogP contribution in [0, 0.1) is 0 Å². The number of aromatic nitrogens is 4. The summed E-state index contributed by atoms with van der Waals surface area (Å²) >= 11 is 12.0. The van der Waals surface area contributed by atoms with Crippen molar-refractivity contribution in [2.45, 2.75) is 0 Å². The molecule has 3 heterocycles. The average molecular weight is 331 g/mol. The molecule has 0 fully saturated rings. The van der Waals surface area contributed by atoms with E-state index in [2.05, 4.69) is 9.97 Å². The maximum absolute atomic E-state index is 12.3. The van der Waals surface area contributed by atoms with E-state index in [1.807, 2.05) is 0 Å². The van der Waals surface area contributed by atoms with E-state index in [1.54, 1.807) is 53.2 Å². The first-order chi connectivity index (χ1) is 10.6. The van der Waals surface area contributed by atoms with Crippen LogP contribution >= 0.6 is 23.2 Å². The topological polar surface area (TPSA) is 52.2 Å². The Balaban J connectivity index is 2.06. The van der Waals surface area contributed by atoms with Crippen LogP contribution in [-0.4, -0.2) is 18.9 Å². The zero-order valence-electron chi connectivity index (χ0n) is 11.1. The Kier molecular flexibility index (Phi) is 2.92. The van der Waals surface area contributed by atoms with E-state index in [0.717, 1.165) is 0 Å². The van der Waals surface area contributed by atoms with Crippen LogP contribution in [0.2, 0.25) is 10.0 Å². The summed E-state index contributed by atoms with van der Waals surface area (Å²) in [6.07, 6.45) is 3.37. The molecule has 2 aliphatic heterocycles. The maximum atomic E-state index is 12.3. The van der Waals surface area contributed by atoms with E-state index >= 15 is 0 Å². The zero-order chi connectivity index (χ0) is 15.3. The van der Waals surface area contributed by atoms with Gasteiger partial charge >= 0.3 is 5.69 Å². The van der Waals surface area contributed by atoms with Crippen molar-refractivity contribution in [2.75, 3.05) is 0 Å². The van der Waals surface area contributed by atoms with Gasteiger partial charge in [-0.05, 0) is 36.4 Å². The number of nitrogens with zero attached hydrogens (tertiary/aromatic N) is 4. The summed E-state index contributed by atoms with van der Waals surface area (Å²) in [4.78, 5) is 20.7. The molecule has 22 heavy (non-hydrogen) atoms. The predicted molar refractivity (Wildman–Crippen MR) is 85.2 cm³/mol. The number of pyridine rings is 1. The fourth-order valence-electron chi connectivity index (χ4n) is 2.42. The highest BCUT2D eigenvalue weighted by atomic mass is 35.5. The van der Waals surface area contributed by atoms with E-state index in [9.17, 15) is 4.79 Å². The molecular formula is C15H8Cl2N4O. The Morgan fingerprint density at radius 2 is 1.82 bits per heavy atom. The molecule has 0 unspecified atom stereocenters. The molecule has 4 rings (SSSR count). The lowest BCUT2D eigenvalue weighted by Gasteiger charge is -2.09. The van der Waals surface area contributed by atoms with Crippen LogP contribution in [0.1, 0.15) is 0 Å². The molecule has 0 aliphatic carbocycles. The quantitative estimate of drug-likeness (QED) is 0.538. The van der Waals surface area contributed by atoms with Gasteiger partial charge in [0.15, 0.2) is 11.5 Å². The summed E-state index contributed by atoms with van der Waals surface area (Å²) in [6, 6.07) is 10.5.